The molecular weight excluding hydrogens is 224 g/mol. The van der Waals surface area contributed by atoms with E-state index in [9.17, 15) is 10.2 Å². The summed E-state index contributed by atoms with van der Waals surface area (Å²) in [5.41, 5.74) is 0. The highest BCUT2D eigenvalue weighted by molar-refractivity contribution is 5.12. The average Bonchev–Trinajstić information content (AvgIpc) is 2.68. The molecule has 0 aromatic heterocycles. The minimum absolute atomic E-state index is 0.519. The molecule has 0 radical (unpaired) electrons. The largest absolute Gasteiger partial charge is 0.361 e. The molecule has 0 amide bonds. The van der Waals surface area contributed by atoms with Crippen molar-refractivity contribution >= 4 is 0 Å². The Morgan fingerprint density at radius 2 is 1.00 bits per heavy atom. The Morgan fingerprint density at radius 1 is 0.588 bits per heavy atom. The molecule has 2 N–H and O–H groups in total. The number of ether oxygens (including phenoxy) is 3. The predicted octanol–water partition coefficient (Wildman–Crippen LogP) is 0.981. The summed E-state index contributed by atoms with van der Waals surface area (Å²) in [6.07, 6.45) is 5.88. The Bertz CT molecular complexity index is 332. The van der Waals surface area contributed by atoms with Crippen molar-refractivity contribution in [3.63, 3.8) is 0 Å². The van der Waals surface area contributed by atoms with Crippen LogP contribution in [0, 0.1) is 0 Å². The second-order valence-corrected chi connectivity index (χ2v) is 5.79. The number of aliphatic hydroxyl groups is 2. The van der Waals surface area contributed by atoms with Crippen LogP contribution in [0.15, 0.2) is 0 Å². The molecule has 2 saturated heterocycles. The Hall–Kier alpha value is -0.200. The van der Waals surface area contributed by atoms with Gasteiger partial charge in [0.25, 0.3) is 0 Å². The zero-order valence-corrected chi connectivity index (χ0v) is 9.78. The lowest BCUT2D eigenvalue weighted by Crippen LogP contribution is -2.65. The summed E-state index contributed by atoms with van der Waals surface area (Å²) < 4.78 is 17.5. The summed E-state index contributed by atoms with van der Waals surface area (Å²) >= 11 is 0. The van der Waals surface area contributed by atoms with Gasteiger partial charge in [0.15, 0.2) is 0 Å². The second kappa shape index (κ2) is 2.86. The van der Waals surface area contributed by atoms with Crippen molar-refractivity contribution in [3.05, 3.63) is 0 Å². The van der Waals surface area contributed by atoms with E-state index in [1.165, 1.54) is 0 Å². The Labute approximate surface area is 99.7 Å². The van der Waals surface area contributed by atoms with E-state index >= 15 is 0 Å². The van der Waals surface area contributed by atoms with E-state index in [1.54, 1.807) is 0 Å². The van der Waals surface area contributed by atoms with Gasteiger partial charge in [-0.2, -0.15) is 0 Å². The molecule has 2 heterocycles. The van der Waals surface area contributed by atoms with Crippen molar-refractivity contribution in [1.29, 1.82) is 0 Å². The quantitative estimate of drug-likeness (QED) is 0.662. The second-order valence-electron chi connectivity index (χ2n) is 5.79. The van der Waals surface area contributed by atoms with E-state index in [0.29, 0.717) is 25.7 Å². The average molecular weight is 242 g/mol. The van der Waals surface area contributed by atoms with E-state index in [1.807, 2.05) is 0 Å². The summed E-state index contributed by atoms with van der Waals surface area (Å²) in [6.45, 7) is 0. The molecule has 4 rings (SSSR count). The smallest absolute Gasteiger partial charge is 0.229 e. The highest BCUT2D eigenvalue weighted by Crippen LogP contribution is 2.65. The topological polar surface area (TPSA) is 68.2 Å². The van der Waals surface area contributed by atoms with Gasteiger partial charge in [0.05, 0.1) is 0 Å². The molecule has 2 aliphatic carbocycles. The molecule has 2 aliphatic heterocycles. The molecule has 5 nitrogen and oxygen atoms in total. The van der Waals surface area contributed by atoms with Crippen LogP contribution in [0.3, 0.4) is 0 Å². The van der Waals surface area contributed by atoms with Crippen molar-refractivity contribution in [3.8, 4) is 0 Å². The van der Waals surface area contributed by atoms with Crippen LogP contribution >= 0.6 is 0 Å². The molecule has 17 heavy (non-hydrogen) atoms. The van der Waals surface area contributed by atoms with Crippen molar-refractivity contribution in [2.45, 2.75) is 74.5 Å². The number of hydrogen-bond donors (Lipinski definition) is 2. The van der Waals surface area contributed by atoms with Crippen molar-refractivity contribution < 1.29 is 24.4 Å². The summed E-state index contributed by atoms with van der Waals surface area (Å²) in [7, 11) is 0. The maximum Gasteiger partial charge on any atom is 0.229 e. The molecule has 96 valence electrons. The van der Waals surface area contributed by atoms with Crippen molar-refractivity contribution in [2.75, 3.05) is 0 Å². The zero-order chi connectivity index (χ0) is 11.8. The lowest BCUT2D eigenvalue weighted by Gasteiger charge is -2.49. The summed E-state index contributed by atoms with van der Waals surface area (Å²) in [6, 6.07) is 0. The van der Waals surface area contributed by atoms with Crippen LogP contribution < -0.4 is 0 Å². The van der Waals surface area contributed by atoms with Crippen LogP contribution in [-0.2, 0) is 14.2 Å². The fourth-order valence-electron chi connectivity index (χ4n) is 3.85. The summed E-state index contributed by atoms with van der Waals surface area (Å²) in [5, 5.41) is 21.1. The van der Waals surface area contributed by atoms with Crippen LogP contribution in [0.25, 0.3) is 0 Å². The molecular formula is C12H18O5. The standard InChI is InChI=1S/C12H18O5/c13-9-5-1-3-7-11(9)16-10(14)6-2-4-8-12(10,15-9)17-11/h13-14H,1-8H2/t9-,10-,11+,12+/m1/s1. The van der Waals surface area contributed by atoms with Gasteiger partial charge in [-0.25, -0.2) is 0 Å². The minimum atomic E-state index is -1.37. The molecule has 0 aromatic rings. The van der Waals surface area contributed by atoms with E-state index in [-0.39, 0.29) is 0 Å². The molecule has 5 heteroatoms. The third-order valence-corrected chi connectivity index (χ3v) is 4.73. The molecule has 4 atom stereocenters. The van der Waals surface area contributed by atoms with E-state index in [4.69, 9.17) is 14.2 Å². The normalized spacial score (nSPS) is 61.1. The van der Waals surface area contributed by atoms with Crippen molar-refractivity contribution in [1.82, 2.24) is 0 Å². The molecule has 0 aromatic carbocycles. The lowest BCUT2D eigenvalue weighted by atomic mass is 9.84. The van der Waals surface area contributed by atoms with Gasteiger partial charge in [-0.15, -0.1) is 0 Å². The van der Waals surface area contributed by atoms with Gasteiger partial charge in [-0.1, -0.05) is 0 Å². The summed E-state index contributed by atoms with van der Waals surface area (Å²) in [4.78, 5) is 0. The van der Waals surface area contributed by atoms with Crippen LogP contribution in [0.2, 0.25) is 0 Å². The van der Waals surface area contributed by atoms with Gasteiger partial charge in [-0.3, -0.25) is 0 Å². The van der Waals surface area contributed by atoms with E-state index < -0.39 is 23.1 Å². The summed E-state index contributed by atoms with van der Waals surface area (Å²) in [5.74, 6) is -5.00. The number of rotatable bonds is 0. The van der Waals surface area contributed by atoms with E-state index in [2.05, 4.69) is 0 Å². The predicted molar refractivity (Wildman–Crippen MR) is 55.6 cm³/mol. The first-order valence-electron chi connectivity index (χ1n) is 6.59. The fourth-order valence-corrected chi connectivity index (χ4v) is 3.85. The minimum Gasteiger partial charge on any atom is -0.361 e. The van der Waals surface area contributed by atoms with Crippen LogP contribution in [0.5, 0.6) is 0 Å². The third kappa shape index (κ3) is 1.04. The molecule has 2 spiro atoms. The van der Waals surface area contributed by atoms with Crippen molar-refractivity contribution in [2.24, 2.45) is 0 Å². The highest BCUT2D eigenvalue weighted by atomic mass is 17.0. The Balaban J connectivity index is 1.80. The third-order valence-electron chi connectivity index (χ3n) is 4.73. The van der Waals surface area contributed by atoms with Gasteiger partial charge in [0.2, 0.25) is 23.1 Å². The van der Waals surface area contributed by atoms with Crippen LogP contribution in [0.4, 0.5) is 0 Å². The molecule has 4 fully saturated rings. The van der Waals surface area contributed by atoms with Gasteiger partial charge in [0, 0.05) is 25.7 Å². The Morgan fingerprint density at radius 3 is 1.47 bits per heavy atom. The van der Waals surface area contributed by atoms with E-state index in [0.717, 1.165) is 25.7 Å². The van der Waals surface area contributed by atoms with Gasteiger partial charge >= 0.3 is 0 Å². The molecule has 4 aliphatic rings. The van der Waals surface area contributed by atoms with Crippen LogP contribution in [-0.4, -0.2) is 33.4 Å². The van der Waals surface area contributed by atoms with Gasteiger partial charge in [0.1, 0.15) is 0 Å². The van der Waals surface area contributed by atoms with Gasteiger partial charge < -0.3 is 24.4 Å². The molecule has 2 saturated carbocycles. The maximum atomic E-state index is 10.6. The fraction of sp³-hybridized carbons (Fsp3) is 1.00. The highest BCUT2D eigenvalue weighted by Gasteiger charge is 2.81. The first-order chi connectivity index (χ1) is 8.04. The van der Waals surface area contributed by atoms with Crippen LogP contribution in [0.1, 0.15) is 51.4 Å². The van der Waals surface area contributed by atoms with Gasteiger partial charge in [-0.05, 0) is 25.7 Å². The maximum absolute atomic E-state index is 10.6. The molecule has 2 bridgehead atoms. The monoisotopic (exact) mass is 242 g/mol. The Kier molecular flexibility index (Phi) is 1.80. The SMILES string of the molecule is O[C@@]12CCCC[C@]13O[C@]1(CCCC[C@@]1(O)O3)O2. The number of hydrogen-bond acceptors (Lipinski definition) is 5. The zero-order valence-electron chi connectivity index (χ0n) is 9.78. The molecule has 0 unspecified atom stereocenters. The lowest BCUT2D eigenvalue weighted by molar-refractivity contribution is -0.436. The first kappa shape index (κ1) is 10.7. The first-order valence-corrected chi connectivity index (χ1v) is 6.59.